The van der Waals surface area contributed by atoms with Gasteiger partial charge < -0.3 is 20.3 Å². The van der Waals surface area contributed by atoms with Crippen molar-refractivity contribution in [1.82, 2.24) is 15.5 Å². The Kier molecular flexibility index (Phi) is 6.71. The van der Waals surface area contributed by atoms with E-state index in [0.29, 0.717) is 0 Å². The van der Waals surface area contributed by atoms with Crippen LogP contribution in [0.4, 0.5) is 4.79 Å². The molecule has 2 unspecified atom stereocenters. The summed E-state index contributed by atoms with van der Waals surface area (Å²) in [5, 5.41) is 6.02. The molecule has 0 aromatic heterocycles. The largest absolute Gasteiger partial charge is 0.496 e. The Morgan fingerprint density at radius 1 is 1.17 bits per heavy atom. The first-order valence-corrected chi connectivity index (χ1v) is 8.52. The molecule has 2 amide bonds. The molecule has 1 aromatic rings. The van der Waals surface area contributed by atoms with Crippen LogP contribution < -0.4 is 15.4 Å². The maximum atomic E-state index is 12.2. The van der Waals surface area contributed by atoms with Gasteiger partial charge in [0.1, 0.15) is 5.75 Å². The molecule has 5 nitrogen and oxygen atoms in total. The fraction of sp³-hybridized carbons (Fsp3) is 0.611. The topological polar surface area (TPSA) is 53.6 Å². The number of hydrogen-bond acceptors (Lipinski definition) is 3. The minimum absolute atomic E-state index is 0.103. The average Bonchev–Trinajstić information content (AvgIpc) is 2.55. The van der Waals surface area contributed by atoms with Crippen LogP contribution in [0.5, 0.6) is 5.75 Å². The van der Waals surface area contributed by atoms with Crippen LogP contribution in [0, 0.1) is 0 Å². The average molecular weight is 319 g/mol. The van der Waals surface area contributed by atoms with Crippen LogP contribution in [0.25, 0.3) is 0 Å². The minimum Gasteiger partial charge on any atom is -0.496 e. The Hall–Kier alpha value is -1.75. The monoisotopic (exact) mass is 319 g/mol. The van der Waals surface area contributed by atoms with Crippen molar-refractivity contribution in [1.29, 1.82) is 0 Å². The number of rotatable bonds is 6. The number of piperidine rings is 1. The predicted octanol–water partition coefficient (Wildman–Crippen LogP) is 2.93. The van der Waals surface area contributed by atoms with Crippen molar-refractivity contribution in [2.45, 2.75) is 45.2 Å². The molecule has 0 bridgehead atoms. The van der Waals surface area contributed by atoms with E-state index in [9.17, 15) is 4.79 Å². The number of nitrogens with zero attached hydrogens (tertiary/aromatic N) is 1. The lowest BCUT2D eigenvalue weighted by atomic mass is 10.1. The van der Waals surface area contributed by atoms with Crippen molar-refractivity contribution in [3.8, 4) is 5.75 Å². The van der Waals surface area contributed by atoms with Crippen LogP contribution >= 0.6 is 0 Å². The van der Waals surface area contributed by atoms with E-state index in [-0.39, 0.29) is 18.1 Å². The summed E-state index contributed by atoms with van der Waals surface area (Å²) in [7, 11) is 1.65. The SMILES string of the molecule is COc1ccccc1C(C)NC(=O)NC(C)CN1CCCCC1. The van der Waals surface area contributed by atoms with E-state index in [1.54, 1.807) is 7.11 Å². The summed E-state index contributed by atoms with van der Waals surface area (Å²) >= 11 is 0. The van der Waals surface area contributed by atoms with Gasteiger partial charge in [-0.1, -0.05) is 24.6 Å². The van der Waals surface area contributed by atoms with Gasteiger partial charge in [-0.25, -0.2) is 4.79 Å². The zero-order chi connectivity index (χ0) is 16.7. The smallest absolute Gasteiger partial charge is 0.315 e. The van der Waals surface area contributed by atoms with E-state index in [1.807, 2.05) is 31.2 Å². The summed E-state index contributed by atoms with van der Waals surface area (Å²) < 4.78 is 5.35. The molecule has 2 atom stereocenters. The van der Waals surface area contributed by atoms with Gasteiger partial charge in [-0.15, -0.1) is 0 Å². The normalized spacial score (nSPS) is 18.0. The molecule has 0 saturated carbocycles. The highest BCUT2D eigenvalue weighted by Gasteiger charge is 2.17. The molecule has 5 heteroatoms. The zero-order valence-corrected chi connectivity index (χ0v) is 14.5. The quantitative estimate of drug-likeness (QED) is 0.847. The van der Waals surface area contributed by atoms with Crippen molar-refractivity contribution in [3.05, 3.63) is 29.8 Å². The van der Waals surface area contributed by atoms with E-state index < -0.39 is 0 Å². The van der Waals surface area contributed by atoms with Crippen molar-refractivity contribution >= 4 is 6.03 Å². The van der Waals surface area contributed by atoms with Gasteiger partial charge in [0, 0.05) is 18.2 Å². The number of benzene rings is 1. The van der Waals surface area contributed by atoms with Crippen LogP contribution in [-0.4, -0.2) is 43.7 Å². The van der Waals surface area contributed by atoms with E-state index in [0.717, 1.165) is 30.9 Å². The number of ether oxygens (including phenoxy) is 1. The molecule has 2 N–H and O–H groups in total. The molecule has 23 heavy (non-hydrogen) atoms. The third-order valence-corrected chi connectivity index (χ3v) is 4.31. The first kappa shape index (κ1) is 17.6. The fourth-order valence-corrected chi connectivity index (χ4v) is 3.14. The molecule has 1 aromatic carbocycles. The first-order chi connectivity index (χ1) is 11.1. The van der Waals surface area contributed by atoms with Crippen LogP contribution in [0.1, 0.15) is 44.7 Å². The lowest BCUT2D eigenvalue weighted by Gasteiger charge is -2.29. The molecule has 1 aliphatic rings. The highest BCUT2D eigenvalue weighted by molar-refractivity contribution is 5.74. The molecule has 2 rings (SSSR count). The van der Waals surface area contributed by atoms with E-state index in [1.165, 1.54) is 19.3 Å². The minimum atomic E-state index is -0.132. The van der Waals surface area contributed by atoms with Gasteiger partial charge in [-0.2, -0.15) is 0 Å². The van der Waals surface area contributed by atoms with Gasteiger partial charge in [0.2, 0.25) is 0 Å². The first-order valence-electron chi connectivity index (χ1n) is 8.52. The maximum absolute atomic E-state index is 12.2. The number of methoxy groups -OCH3 is 1. The second-order valence-corrected chi connectivity index (χ2v) is 6.34. The summed E-state index contributed by atoms with van der Waals surface area (Å²) in [4.78, 5) is 14.6. The molecule has 1 aliphatic heterocycles. The number of nitrogens with one attached hydrogen (secondary N) is 2. The summed E-state index contributed by atoms with van der Waals surface area (Å²) in [6.07, 6.45) is 3.86. The highest BCUT2D eigenvalue weighted by Crippen LogP contribution is 2.24. The van der Waals surface area contributed by atoms with Crippen molar-refractivity contribution in [2.75, 3.05) is 26.7 Å². The van der Waals surface area contributed by atoms with Crippen molar-refractivity contribution < 1.29 is 9.53 Å². The van der Waals surface area contributed by atoms with Crippen LogP contribution in [0.15, 0.2) is 24.3 Å². The van der Waals surface area contributed by atoms with Gasteiger partial charge in [-0.3, -0.25) is 0 Å². The Bertz CT molecular complexity index is 501. The molecule has 128 valence electrons. The Morgan fingerprint density at radius 3 is 2.57 bits per heavy atom. The summed E-state index contributed by atoms with van der Waals surface area (Å²) in [6.45, 7) is 7.22. The number of amides is 2. The highest BCUT2D eigenvalue weighted by atomic mass is 16.5. The summed E-state index contributed by atoms with van der Waals surface area (Å²) in [5.74, 6) is 0.793. The molecule has 1 saturated heterocycles. The number of hydrogen-bond donors (Lipinski definition) is 2. The number of likely N-dealkylation sites (tertiary alicyclic amines) is 1. The Balaban J connectivity index is 1.81. The molecule has 0 spiro atoms. The van der Waals surface area contributed by atoms with E-state index in [2.05, 4.69) is 22.5 Å². The predicted molar refractivity (Wildman–Crippen MR) is 92.8 cm³/mol. The molecule has 0 radical (unpaired) electrons. The third kappa shape index (κ3) is 5.43. The maximum Gasteiger partial charge on any atom is 0.315 e. The molecule has 0 aliphatic carbocycles. The van der Waals surface area contributed by atoms with Crippen LogP contribution in [-0.2, 0) is 0 Å². The lowest BCUT2D eigenvalue weighted by molar-refractivity contribution is 0.202. The van der Waals surface area contributed by atoms with Gasteiger partial charge in [0.05, 0.1) is 13.2 Å². The van der Waals surface area contributed by atoms with E-state index >= 15 is 0 Å². The third-order valence-electron chi connectivity index (χ3n) is 4.31. The Labute approximate surface area is 139 Å². The molecular formula is C18H29N3O2. The van der Waals surface area contributed by atoms with Crippen LogP contribution in [0.2, 0.25) is 0 Å². The number of carbonyl (C=O) groups excluding carboxylic acids is 1. The summed E-state index contributed by atoms with van der Waals surface area (Å²) in [6, 6.07) is 7.66. The van der Waals surface area contributed by atoms with Crippen LogP contribution in [0.3, 0.4) is 0 Å². The van der Waals surface area contributed by atoms with Crippen molar-refractivity contribution in [3.63, 3.8) is 0 Å². The number of urea groups is 1. The van der Waals surface area contributed by atoms with Gasteiger partial charge in [-0.05, 0) is 45.8 Å². The fourth-order valence-electron chi connectivity index (χ4n) is 3.14. The second kappa shape index (κ2) is 8.77. The molecule has 1 heterocycles. The Morgan fingerprint density at radius 2 is 1.87 bits per heavy atom. The standard InChI is InChI=1S/C18H29N3O2/c1-14(13-21-11-7-4-8-12-21)19-18(22)20-15(2)16-9-5-6-10-17(16)23-3/h5-6,9-10,14-15H,4,7-8,11-13H2,1-3H3,(H2,19,20,22). The number of carbonyl (C=O) groups is 1. The zero-order valence-electron chi connectivity index (χ0n) is 14.5. The number of para-hydroxylation sites is 1. The lowest BCUT2D eigenvalue weighted by Crippen LogP contribution is -2.47. The summed E-state index contributed by atoms with van der Waals surface area (Å²) in [5.41, 5.74) is 0.980. The van der Waals surface area contributed by atoms with Gasteiger partial charge in [0.15, 0.2) is 0 Å². The second-order valence-electron chi connectivity index (χ2n) is 6.34. The van der Waals surface area contributed by atoms with E-state index in [4.69, 9.17) is 4.74 Å². The van der Waals surface area contributed by atoms with Crippen molar-refractivity contribution in [2.24, 2.45) is 0 Å². The van der Waals surface area contributed by atoms with Gasteiger partial charge in [0.25, 0.3) is 0 Å². The molecule has 1 fully saturated rings. The molecular weight excluding hydrogens is 290 g/mol. The van der Waals surface area contributed by atoms with Gasteiger partial charge >= 0.3 is 6.03 Å².